The van der Waals surface area contributed by atoms with Crippen LogP contribution in [0.15, 0.2) is 72.9 Å². The van der Waals surface area contributed by atoms with Crippen molar-refractivity contribution >= 4 is 6.29 Å². The first-order chi connectivity index (χ1) is 11.4. The first-order valence-corrected chi connectivity index (χ1v) is 7.20. The van der Waals surface area contributed by atoms with Gasteiger partial charge in [0.05, 0.1) is 5.56 Å². The summed E-state index contributed by atoms with van der Waals surface area (Å²) < 4.78 is 11.6. The van der Waals surface area contributed by atoms with Crippen molar-refractivity contribution in [2.75, 3.05) is 0 Å². The molecule has 0 saturated carbocycles. The molecule has 0 aliphatic carbocycles. The van der Waals surface area contributed by atoms with Crippen LogP contribution in [0.2, 0.25) is 0 Å². The maximum Gasteiger partial charge on any atom is 0.229 e. The molecule has 3 rings (SSSR count). The molecule has 0 fully saturated rings. The number of benzene rings is 2. The third-order valence-electron chi connectivity index (χ3n) is 3.22. The summed E-state index contributed by atoms with van der Waals surface area (Å²) in [6, 6.07) is 20.5. The third kappa shape index (κ3) is 3.74. The van der Waals surface area contributed by atoms with Gasteiger partial charge in [0.25, 0.3) is 0 Å². The second kappa shape index (κ2) is 7.22. The van der Waals surface area contributed by atoms with E-state index in [1.54, 1.807) is 24.4 Å². The molecular formula is C19H15NO3. The summed E-state index contributed by atoms with van der Waals surface area (Å²) in [5.41, 5.74) is 1.46. The summed E-state index contributed by atoms with van der Waals surface area (Å²) in [6.45, 7) is 0.434. The normalized spacial score (nSPS) is 10.1. The molecule has 0 aliphatic heterocycles. The van der Waals surface area contributed by atoms with E-state index in [2.05, 4.69) is 4.98 Å². The number of aldehydes is 1. The minimum Gasteiger partial charge on any atom is -0.485 e. The predicted molar refractivity (Wildman–Crippen MR) is 86.9 cm³/mol. The highest BCUT2D eigenvalue weighted by molar-refractivity contribution is 5.78. The van der Waals surface area contributed by atoms with E-state index in [1.165, 1.54) is 0 Å². The van der Waals surface area contributed by atoms with Crippen molar-refractivity contribution in [2.24, 2.45) is 0 Å². The van der Waals surface area contributed by atoms with Gasteiger partial charge in [-0.1, -0.05) is 42.5 Å². The van der Waals surface area contributed by atoms with Gasteiger partial charge in [0, 0.05) is 6.20 Å². The van der Waals surface area contributed by atoms with Gasteiger partial charge in [-0.05, 0) is 29.8 Å². The Hall–Kier alpha value is -3.14. The van der Waals surface area contributed by atoms with Crippen molar-refractivity contribution in [1.82, 2.24) is 4.98 Å². The standard InChI is InChI=1S/C19H15NO3/c21-13-16-9-6-12-20-19(16)23-18-11-5-4-10-17(18)22-14-15-7-2-1-3-8-15/h1-13H,14H2. The van der Waals surface area contributed by atoms with Crippen LogP contribution >= 0.6 is 0 Å². The molecule has 0 radical (unpaired) electrons. The Kier molecular flexibility index (Phi) is 4.64. The van der Waals surface area contributed by atoms with E-state index in [9.17, 15) is 4.79 Å². The van der Waals surface area contributed by atoms with Crippen LogP contribution in [0.5, 0.6) is 17.4 Å². The van der Waals surface area contributed by atoms with Gasteiger partial charge in [-0.25, -0.2) is 4.98 Å². The summed E-state index contributed by atoms with van der Waals surface area (Å²) in [4.78, 5) is 15.2. The minimum atomic E-state index is 0.262. The molecule has 0 bridgehead atoms. The number of carbonyl (C=O) groups is 1. The topological polar surface area (TPSA) is 48.4 Å². The Balaban J connectivity index is 1.79. The van der Waals surface area contributed by atoms with Gasteiger partial charge in [0.2, 0.25) is 5.88 Å². The largest absolute Gasteiger partial charge is 0.485 e. The van der Waals surface area contributed by atoms with Gasteiger partial charge < -0.3 is 9.47 Å². The number of carbonyl (C=O) groups excluding carboxylic acids is 1. The van der Waals surface area contributed by atoms with Crippen LogP contribution in [0.1, 0.15) is 15.9 Å². The van der Waals surface area contributed by atoms with E-state index in [0.29, 0.717) is 23.7 Å². The maximum atomic E-state index is 11.1. The summed E-state index contributed by atoms with van der Waals surface area (Å²) >= 11 is 0. The highest BCUT2D eigenvalue weighted by atomic mass is 16.5. The average molecular weight is 305 g/mol. The zero-order valence-electron chi connectivity index (χ0n) is 12.4. The molecule has 4 heteroatoms. The molecule has 1 aromatic heterocycles. The number of ether oxygens (including phenoxy) is 2. The molecule has 0 unspecified atom stereocenters. The first kappa shape index (κ1) is 14.8. The van der Waals surface area contributed by atoms with Crippen molar-refractivity contribution in [3.05, 3.63) is 84.1 Å². The summed E-state index contributed by atoms with van der Waals surface area (Å²) in [5.74, 6) is 1.38. The quantitative estimate of drug-likeness (QED) is 0.638. The van der Waals surface area contributed by atoms with E-state index in [-0.39, 0.29) is 5.88 Å². The average Bonchev–Trinajstić information content (AvgIpc) is 2.62. The van der Waals surface area contributed by atoms with Crippen LogP contribution in [0.4, 0.5) is 0 Å². The Morgan fingerprint density at radius 3 is 2.39 bits per heavy atom. The molecule has 0 amide bonds. The fourth-order valence-electron chi connectivity index (χ4n) is 2.07. The van der Waals surface area contributed by atoms with Gasteiger partial charge in [0.1, 0.15) is 6.61 Å². The van der Waals surface area contributed by atoms with E-state index < -0.39 is 0 Å². The Bertz CT molecular complexity index is 787. The Morgan fingerprint density at radius 2 is 1.61 bits per heavy atom. The lowest BCUT2D eigenvalue weighted by Crippen LogP contribution is -1.99. The second-order valence-electron chi connectivity index (χ2n) is 4.84. The van der Waals surface area contributed by atoms with Crippen LogP contribution in [-0.2, 0) is 6.61 Å². The first-order valence-electron chi connectivity index (χ1n) is 7.20. The van der Waals surface area contributed by atoms with E-state index in [1.807, 2.05) is 48.5 Å². The number of pyridine rings is 1. The zero-order chi connectivity index (χ0) is 15.9. The molecule has 1 heterocycles. The lowest BCUT2D eigenvalue weighted by Gasteiger charge is -2.12. The monoisotopic (exact) mass is 305 g/mol. The number of hydrogen-bond donors (Lipinski definition) is 0. The summed E-state index contributed by atoms with van der Waals surface area (Å²) in [7, 11) is 0. The molecule has 0 saturated heterocycles. The van der Waals surface area contributed by atoms with Crippen LogP contribution in [-0.4, -0.2) is 11.3 Å². The fourth-order valence-corrected chi connectivity index (χ4v) is 2.07. The number of nitrogens with zero attached hydrogens (tertiary/aromatic N) is 1. The van der Waals surface area contributed by atoms with Crippen LogP contribution in [0, 0.1) is 0 Å². The molecule has 0 aliphatic rings. The third-order valence-corrected chi connectivity index (χ3v) is 3.22. The molecule has 0 spiro atoms. The van der Waals surface area contributed by atoms with Crippen LogP contribution in [0.3, 0.4) is 0 Å². The van der Waals surface area contributed by atoms with Crippen molar-refractivity contribution in [3.8, 4) is 17.4 Å². The number of hydrogen-bond acceptors (Lipinski definition) is 4. The van der Waals surface area contributed by atoms with Gasteiger partial charge in [0.15, 0.2) is 17.8 Å². The van der Waals surface area contributed by atoms with Crippen molar-refractivity contribution in [1.29, 1.82) is 0 Å². The van der Waals surface area contributed by atoms with Crippen molar-refractivity contribution < 1.29 is 14.3 Å². The zero-order valence-corrected chi connectivity index (χ0v) is 12.4. The molecule has 114 valence electrons. The summed E-state index contributed by atoms with van der Waals surface area (Å²) in [6.07, 6.45) is 2.30. The van der Waals surface area contributed by atoms with Crippen molar-refractivity contribution in [2.45, 2.75) is 6.61 Å². The summed E-state index contributed by atoms with van der Waals surface area (Å²) in [5, 5.41) is 0. The smallest absolute Gasteiger partial charge is 0.229 e. The predicted octanol–water partition coefficient (Wildman–Crippen LogP) is 4.27. The fraction of sp³-hybridized carbons (Fsp3) is 0.0526. The Morgan fingerprint density at radius 1 is 0.870 bits per heavy atom. The number of rotatable bonds is 6. The van der Waals surface area contributed by atoms with Crippen LogP contribution in [0.25, 0.3) is 0 Å². The lowest BCUT2D eigenvalue weighted by molar-refractivity contribution is 0.112. The van der Waals surface area contributed by atoms with Gasteiger partial charge in [-0.3, -0.25) is 4.79 Å². The molecular weight excluding hydrogens is 290 g/mol. The van der Waals surface area contributed by atoms with Crippen molar-refractivity contribution in [3.63, 3.8) is 0 Å². The molecule has 2 aromatic carbocycles. The van der Waals surface area contributed by atoms with Crippen LogP contribution < -0.4 is 9.47 Å². The van der Waals surface area contributed by atoms with E-state index >= 15 is 0 Å². The molecule has 4 nitrogen and oxygen atoms in total. The van der Waals surface area contributed by atoms with E-state index in [4.69, 9.17) is 9.47 Å². The number of para-hydroxylation sites is 2. The lowest BCUT2D eigenvalue weighted by atomic mass is 10.2. The van der Waals surface area contributed by atoms with Gasteiger partial charge in [-0.15, -0.1) is 0 Å². The highest BCUT2D eigenvalue weighted by Gasteiger charge is 2.10. The number of aromatic nitrogens is 1. The van der Waals surface area contributed by atoms with Gasteiger partial charge >= 0.3 is 0 Å². The second-order valence-corrected chi connectivity index (χ2v) is 4.84. The minimum absolute atomic E-state index is 0.262. The maximum absolute atomic E-state index is 11.1. The highest BCUT2D eigenvalue weighted by Crippen LogP contribution is 2.31. The van der Waals surface area contributed by atoms with E-state index in [0.717, 1.165) is 11.8 Å². The Labute approximate surface area is 134 Å². The molecule has 0 atom stereocenters. The van der Waals surface area contributed by atoms with Gasteiger partial charge in [-0.2, -0.15) is 0 Å². The molecule has 3 aromatic rings. The molecule has 0 N–H and O–H groups in total. The SMILES string of the molecule is O=Cc1cccnc1Oc1ccccc1OCc1ccccc1. The molecule has 23 heavy (non-hydrogen) atoms.